The Morgan fingerprint density at radius 2 is 1.52 bits per heavy atom. The summed E-state index contributed by atoms with van der Waals surface area (Å²) in [5.41, 5.74) is 5.24. The van der Waals surface area contributed by atoms with Gasteiger partial charge in [0.15, 0.2) is 5.78 Å². The van der Waals surface area contributed by atoms with Gasteiger partial charge in [0.1, 0.15) is 0 Å². The monoisotopic (exact) mass is 440 g/mol. The summed E-state index contributed by atoms with van der Waals surface area (Å²) < 4.78 is 0. The Morgan fingerprint density at radius 3 is 2.06 bits per heavy atom. The molecule has 31 heavy (non-hydrogen) atoms. The first-order valence-electron chi connectivity index (χ1n) is 10.3. The number of hydrogen-bond donors (Lipinski definition) is 2. The second-order valence-electron chi connectivity index (χ2n) is 7.82. The highest BCUT2D eigenvalue weighted by molar-refractivity contribution is 6.06. The first-order chi connectivity index (χ1) is 14.5. The molecule has 3 rings (SSSR count). The van der Waals surface area contributed by atoms with Crippen LogP contribution in [0.25, 0.3) is 12.2 Å². The van der Waals surface area contributed by atoms with E-state index in [9.17, 15) is 9.59 Å². The number of piperidine rings is 1. The Hall–Kier alpha value is -2.73. The van der Waals surface area contributed by atoms with Crippen molar-refractivity contribution in [1.29, 1.82) is 0 Å². The van der Waals surface area contributed by atoms with Crippen molar-refractivity contribution in [2.45, 2.75) is 19.3 Å². The fourth-order valence-electron chi connectivity index (χ4n) is 3.60. The number of carbonyl (C=O) groups is 2. The van der Waals surface area contributed by atoms with Gasteiger partial charge in [-0.1, -0.05) is 54.6 Å². The van der Waals surface area contributed by atoms with E-state index in [1.807, 2.05) is 36.4 Å². The Balaban J connectivity index is 0.00000341. The Bertz CT molecular complexity index is 913. The largest absolute Gasteiger partial charge is 0.306 e. The average molecular weight is 441 g/mol. The van der Waals surface area contributed by atoms with Crippen LogP contribution in [-0.2, 0) is 11.2 Å². The van der Waals surface area contributed by atoms with Crippen molar-refractivity contribution in [3.63, 3.8) is 0 Å². The van der Waals surface area contributed by atoms with E-state index in [1.165, 1.54) is 37.6 Å². The van der Waals surface area contributed by atoms with Gasteiger partial charge in [-0.25, -0.2) is 5.48 Å². The van der Waals surface area contributed by atoms with E-state index in [2.05, 4.69) is 24.1 Å². The van der Waals surface area contributed by atoms with Crippen molar-refractivity contribution in [1.82, 2.24) is 10.4 Å². The third kappa shape index (κ3) is 7.79. The van der Waals surface area contributed by atoms with Crippen molar-refractivity contribution in [2.75, 3.05) is 20.1 Å². The van der Waals surface area contributed by atoms with Crippen LogP contribution in [0.3, 0.4) is 0 Å². The molecule has 1 heterocycles. The first kappa shape index (κ1) is 24.5. The molecule has 1 aliphatic heterocycles. The van der Waals surface area contributed by atoms with Crippen LogP contribution in [0.4, 0.5) is 0 Å². The van der Waals surface area contributed by atoms with Gasteiger partial charge in [-0.15, -0.1) is 12.4 Å². The predicted octanol–water partition coefficient (Wildman–Crippen LogP) is 4.41. The SMILES string of the molecule is CN1CCC(Cc2ccc(C(=O)C=Cc3ccc(C=CC(=O)NO)cc3)cc2)CC1.Cl. The zero-order chi connectivity index (χ0) is 21.3. The van der Waals surface area contributed by atoms with Crippen LogP contribution in [0.2, 0.25) is 0 Å². The molecule has 0 saturated carbocycles. The third-order valence-corrected chi connectivity index (χ3v) is 5.50. The molecule has 164 valence electrons. The fourth-order valence-corrected chi connectivity index (χ4v) is 3.60. The van der Waals surface area contributed by atoms with Crippen molar-refractivity contribution >= 4 is 36.2 Å². The maximum Gasteiger partial charge on any atom is 0.267 e. The Labute approximate surface area is 189 Å². The number of amides is 1. The molecule has 2 aromatic carbocycles. The molecule has 6 heteroatoms. The molecule has 1 amide bonds. The van der Waals surface area contributed by atoms with E-state index < -0.39 is 5.91 Å². The molecular weight excluding hydrogens is 412 g/mol. The molecule has 0 aromatic heterocycles. The summed E-state index contributed by atoms with van der Waals surface area (Å²) >= 11 is 0. The van der Waals surface area contributed by atoms with E-state index in [-0.39, 0.29) is 18.2 Å². The van der Waals surface area contributed by atoms with Gasteiger partial charge in [-0.05, 0) is 74.2 Å². The summed E-state index contributed by atoms with van der Waals surface area (Å²) in [6, 6.07) is 15.4. The molecule has 0 bridgehead atoms. The lowest BCUT2D eigenvalue weighted by atomic mass is 9.90. The molecule has 1 fully saturated rings. The molecular formula is C25H29ClN2O3. The maximum absolute atomic E-state index is 12.5. The lowest BCUT2D eigenvalue weighted by Crippen LogP contribution is -2.30. The van der Waals surface area contributed by atoms with Crippen molar-refractivity contribution in [3.8, 4) is 0 Å². The van der Waals surface area contributed by atoms with Crippen LogP contribution in [0.15, 0.2) is 60.7 Å². The number of carbonyl (C=O) groups excluding carboxylic acids is 2. The number of likely N-dealkylation sites (tertiary alicyclic amines) is 1. The number of hydroxylamine groups is 1. The van der Waals surface area contributed by atoms with E-state index in [1.54, 1.807) is 23.7 Å². The molecule has 0 radical (unpaired) electrons. The molecule has 0 atom stereocenters. The van der Waals surface area contributed by atoms with Gasteiger partial charge in [0.25, 0.3) is 5.91 Å². The highest BCUT2D eigenvalue weighted by Crippen LogP contribution is 2.21. The van der Waals surface area contributed by atoms with Gasteiger partial charge in [-0.2, -0.15) is 0 Å². The second kappa shape index (κ2) is 12.2. The molecule has 2 N–H and O–H groups in total. The van der Waals surface area contributed by atoms with Crippen LogP contribution >= 0.6 is 12.4 Å². The van der Waals surface area contributed by atoms with E-state index in [4.69, 9.17) is 5.21 Å². The maximum atomic E-state index is 12.5. The minimum atomic E-state index is -0.582. The summed E-state index contributed by atoms with van der Waals surface area (Å²) in [6.07, 6.45) is 9.76. The molecule has 1 saturated heterocycles. The smallest absolute Gasteiger partial charge is 0.267 e. The van der Waals surface area contributed by atoms with Crippen molar-refractivity contribution < 1.29 is 14.8 Å². The van der Waals surface area contributed by atoms with Gasteiger partial charge in [0.05, 0.1) is 0 Å². The Kier molecular flexibility index (Phi) is 9.66. The summed E-state index contributed by atoms with van der Waals surface area (Å²) in [5, 5.41) is 8.48. The molecule has 1 aliphatic rings. The molecule has 5 nitrogen and oxygen atoms in total. The van der Waals surface area contributed by atoms with Crippen LogP contribution in [0.1, 0.15) is 39.9 Å². The second-order valence-corrected chi connectivity index (χ2v) is 7.82. The van der Waals surface area contributed by atoms with E-state index in [0.717, 1.165) is 23.5 Å². The average Bonchev–Trinajstić information content (AvgIpc) is 2.78. The summed E-state index contributed by atoms with van der Waals surface area (Å²) in [5.74, 6) is 0.129. The van der Waals surface area contributed by atoms with Crippen molar-refractivity contribution in [2.24, 2.45) is 5.92 Å². The third-order valence-electron chi connectivity index (χ3n) is 5.50. The number of nitrogens with one attached hydrogen (secondary N) is 1. The van der Waals surface area contributed by atoms with Gasteiger partial charge in [-0.3, -0.25) is 14.8 Å². The van der Waals surface area contributed by atoms with Crippen molar-refractivity contribution in [3.05, 3.63) is 82.9 Å². The zero-order valence-corrected chi connectivity index (χ0v) is 18.5. The summed E-state index contributed by atoms with van der Waals surface area (Å²) in [7, 11) is 2.18. The van der Waals surface area contributed by atoms with Gasteiger partial charge in [0, 0.05) is 11.6 Å². The molecule has 0 aliphatic carbocycles. The predicted molar refractivity (Wildman–Crippen MR) is 126 cm³/mol. The molecule has 0 unspecified atom stereocenters. The number of rotatable bonds is 7. The minimum absolute atomic E-state index is 0. The lowest BCUT2D eigenvalue weighted by molar-refractivity contribution is -0.124. The van der Waals surface area contributed by atoms with Crippen LogP contribution < -0.4 is 5.48 Å². The quantitative estimate of drug-likeness (QED) is 0.289. The van der Waals surface area contributed by atoms with Gasteiger partial charge >= 0.3 is 0 Å². The minimum Gasteiger partial charge on any atom is -0.306 e. The van der Waals surface area contributed by atoms with Crippen LogP contribution in [0.5, 0.6) is 0 Å². The number of hydrogen-bond acceptors (Lipinski definition) is 4. The van der Waals surface area contributed by atoms with Gasteiger partial charge in [0.2, 0.25) is 0 Å². The lowest BCUT2D eigenvalue weighted by Gasteiger charge is -2.28. The van der Waals surface area contributed by atoms with Gasteiger partial charge < -0.3 is 4.90 Å². The van der Waals surface area contributed by atoms with E-state index in [0.29, 0.717) is 5.56 Å². The number of allylic oxidation sites excluding steroid dienone is 1. The summed E-state index contributed by atoms with van der Waals surface area (Å²) in [6.45, 7) is 2.34. The Morgan fingerprint density at radius 1 is 0.968 bits per heavy atom. The number of nitrogens with zero attached hydrogens (tertiary/aromatic N) is 1. The topological polar surface area (TPSA) is 69.6 Å². The number of benzene rings is 2. The first-order valence-corrected chi connectivity index (χ1v) is 10.3. The normalized spacial score (nSPS) is 15.2. The fraction of sp³-hybridized carbons (Fsp3) is 0.280. The number of ketones is 1. The van der Waals surface area contributed by atoms with Crippen LogP contribution in [0, 0.1) is 5.92 Å². The zero-order valence-electron chi connectivity index (χ0n) is 17.7. The molecule has 0 spiro atoms. The standard InChI is InChI=1S/C25H28N2O3.ClH/c1-27-16-14-22(15-17-27)18-21-6-10-23(11-7-21)24(28)12-8-19-2-4-20(5-3-19)9-13-25(29)26-30;/h2-13,22,30H,14-18H2,1H3,(H,26,29);1H. The molecule has 2 aromatic rings. The number of halogens is 1. The highest BCUT2D eigenvalue weighted by atomic mass is 35.5. The highest BCUT2D eigenvalue weighted by Gasteiger charge is 2.16. The van der Waals surface area contributed by atoms with E-state index >= 15 is 0 Å². The van der Waals surface area contributed by atoms with Crippen LogP contribution in [-0.4, -0.2) is 41.9 Å². The summed E-state index contributed by atoms with van der Waals surface area (Å²) in [4.78, 5) is 25.8.